The van der Waals surface area contributed by atoms with E-state index in [1.807, 2.05) is 18.2 Å². The predicted molar refractivity (Wildman–Crippen MR) is 92.5 cm³/mol. The summed E-state index contributed by atoms with van der Waals surface area (Å²) >= 11 is 7.00. The number of halogens is 2. The van der Waals surface area contributed by atoms with Crippen molar-refractivity contribution in [3.8, 4) is 5.75 Å². The highest BCUT2D eigenvalue weighted by atomic mass is 79.9. The minimum absolute atomic E-state index is 0.709. The van der Waals surface area contributed by atoms with Crippen LogP contribution in [0, 0.1) is 0 Å². The molecule has 0 fully saturated rings. The van der Waals surface area contributed by atoms with Crippen molar-refractivity contribution in [1.29, 1.82) is 0 Å². The SMILES string of the molecule is CCCNc1ncnc(Nc2ccc(OC)c(Br)c2)c1Br. The van der Waals surface area contributed by atoms with Gasteiger partial charge in [0, 0.05) is 12.2 Å². The van der Waals surface area contributed by atoms with Gasteiger partial charge in [0.25, 0.3) is 0 Å². The van der Waals surface area contributed by atoms with Gasteiger partial charge in [-0.2, -0.15) is 0 Å². The summed E-state index contributed by atoms with van der Waals surface area (Å²) in [5, 5.41) is 6.51. The topological polar surface area (TPSA) is 59.1 Å². The van der Waals surface area contributed by atoms with Crippen LogP contribution in [-0.4, -0.2) is 23.6 Å². The number of benzene rings is 1. The van der Waals surface area contributed by atoms with Crippen molar-refractivity contribution < 1.29 is 4.74 Å². The molecular weight excluding hydrogens is 400 g/mol. The summed E-state index contributed by atoms with van der Waals surface area (Å²) in [6.07, 6.45) is 2.56. The van der Waals surface area contributed by atoms with Crippen LogP contribution in [-0.2, 0) is 0 Å². The molecule has 0 radical (unpaired) electrons. The van der Waals surface area contributed by atoms with E-state index >= 15 is 0 Å². The Morgan fingerprint density at radius 2 is 1.95 bits per heavy atom. The zero-order chi connectivity index (χ0) is 15.2. The average molecular weight is 416 g/mol. The fraction of sp³-hybridized carbons (Fsp3) is 0.286. The Labute approximate surface area is 140 Å². The fourth-order valence-corrected chi connectivity index (χ4v) is 2.69. The smallest absolute Gasteiger partial charge is 0.150 e. The number of hydrogen-bond acceptors (Lipinski definition) is 5. The molecule has 0 aliphatic heterocycles. The quantitative estimate of drug-likeness (QED) is 0.723. The van der Waals surface area contributed by atoms with Crippen LogP contribution in [0.1, 0.15) is 13.3 Å². The third-order valence-corrected chi connectivity index (χ3v) is 4.12. The molecule has 0 bridgehead atoms. The number of nitrogens with zero attached hydrogens (tertiary/aromatic N) is 2. The van der Waals surface area contributed by atoms with Crippen molar-refractivity contribution in [2.75, 3.05) is 24.3 Å². The molecule has 0 atom stereocenters. The van der Waals surface area contributed by atoms with E-state index in [-0.39, 0.29) is 0 Å². The van der Waals surface area contributed by atoms with Gasteiger partial charge in [-0.15, -0.1) is 0 Å². The molecule has 0 amide bonds. The van der Waals surface area contributed by atoms with Gasteiger partial charge in [0.2, 0.25) is 0 Å². The first-order valence-corrected chi connectivity index (χ1v) is 8.09. The number of nitrogens with one attached hydrogen (secondary N) is 2. The molecule has 2 aromatic rings. The zero-order valence-electron chi connectivity index (χ0n) is 11.8. The van der Waals surface area contributed by atoms with Crippen LogP contribution in [0.2, 0.25) is 0 Å². The first kappa shape index (κ1) is 16.0. The standard InChI is InChI=1S/C14H16Br2N4O/c1-3-6-17-13-12(16)14(19-8-18-13)20-9-4-5-11(21-2)10(15)7-9/h4-5,7-8H,3,6H2,1-2H3,(H2,17,18,19,20). The summed E-state index contributed by atoms with van der Waals surface area (Å²) in [6.45, 7) is 2.97. The molecule has 1 aromatic heterocycles. The lowest BCUT2D eigenvalue weighted by atomic mass is 10.3. The molecule has 1 aromatic carbocycles. The van der Waals surface area contributed by atoms with Crippen LogP contribution >= 0.6 is 31.9 Å². The van der Waals surface area contributed by atoms with E-state index in [1.54, 1.807) is 7.11 Å². The van der Waals surface area contributed by atoms with Gasteiger partial charge < -0.3 is 15.4 Å². The van der Waals surface area contributed by atoms with Crippen LogP contribution < -0.4 is 15.4 Å². The summed E-state index contributed by atoms with van der Waals surface area (Å²) < 4.78 is 6.91. The molecule has 21 heavy (non-hydrogen) atoms. The minimum atomic E-state index is 0.709. The van der Waals surface area contributed by atoms with Crippen molar-refractivity contribution in [3.05, 3.63) is 33.5 Å². The van der Waals surface area contributed by atoms with E-state index in [2.05, 4.69) is 59.4 Å². The van der Waals surface area contributed by atoms with Crippen LogP contribution in [0.15, 0.2) is 33.5 Å². The highest BCUT2D eigenvalue weighted by molar-refractivity contribution is 9.11. The third kappa shape index (κ3) is 4.07. The molecule has 0 saturated heterocycles. The summed E-state index contributed by atoms with van der Waals surface area (Å²) in [6, 6.07) is 5.75. The lowest BCUT2D eigenvalue weighted by Crippen LogP contribution is -2.05. The second-order valence-corrected chi connectivity index (χ2v) is 5.93. The van der Waals surface area contributed by atoms with Gasteiger partial charge in [-0.05, 0) is 56.5 Å². The number of hydrogen-bond donors (Lipinski definition) is 2. The highest BCUT2D eigenvalue weighted by Crippen LogP contribution is 2.32. The number of methoxy groups -OCH3 is 1. The number of rotatable bonds is 6. The Kier molecular flexibility index (Phi) is 5.81. The summed E-state index contributed by atoms with van der Waals surface area (Å²) in [4.78, 5) is 8.48. The van der Waals surface area contributed by atoms with Crippen molar-refractivity contribution in [3.63, 3.8) is 0 Å². The Bertz CT molecular complexity index is 622. The Hall–Kier alpha value is -1.34. The molecule has 0 unspecified atom stereocenters. The molecular formula is C14H16Br2N4O. The van der Waals surface area contributed by atoms with E-state index in [9.17, 15) is 0 Å². The third-order valence-electron chi connectivity index (χ3n) is 2.75. The monoisotopic (exact) mass is 414 g/mol. The van der Waals surface area contributed by atoms with Crippen LogP contribution in [0.5, 0.6) is 5.75 Å². The largest absolute Gasteiger partial charge is 0.496 e. The van der Waals surface area contributed by atoms with Gasteiger partial charge in [0.05, 0.1) is 11.6 Å². The summed E-state index contributed by atoms with van der Waals surface area (Å²) in [7, 11) is 1.64. The molecule has 2 rings (SSSR count). The fourth-order valence-electron chi connectivity index (χ4n) is 1.70. The second kappa shape index (κ2) is 7.61. The molecule has 2 N–H and O–H groups in total. The number of anilines is 3. The van der Waals surface area contributed by atoms with E-state index in [0.29, 0.717) is 5.82 Å². The Morgan fingerprint density at radius 3 is 2.62 bits per heavy atom. The molecule has 112 valence electrons. The molecule has 7 heteroatoms. The van der Waals surface area contributed by atoms with Gasteiger partial charge in [-0.3, -0.25) is 0 Å². The molecule has 0 saturated carbocycles. The maximum atomic E-state index is 5.22. The van der Waals surface area contributed by atoms with Gasteiger partial charge in [0.15, 0.2) is 0 Å². The Morgan fingerprint density at radius 1 is 1.19 bits per heavy atom. The van der Waals surface area contributed by atoms with E-state index in [4.69, 9.17) is 4.74 Å². The maximum Gasteiger partial charge on any atom is 0.150 e. The van der Waals surface area contributed by atoms with Crippen LogP contribution in [0.3, 0.4) is 0 Å². The average Bonchev–Trinajstić information content (AvgIpc) is 2.48. The molecule has 0 aliphatic carbocycles. The normalized spacial score (nSPS) is 10.3. The predicted octanol–water partition coefficient (Wildman–Crippen LogP) is 4.58. The van der Waals surface area contributed by atoms with Crippen LogP contribution in [0.25, 0.3) is 0 Å². The molecule has 1 heterocycles. The lowest BCUT2D eigenvalue weighted by Gasteiger charge is -2.12. The first-order valence-electron chi connectivity index (χ1n) is 6.50. The molecule has 5 nitrogen and oxygen atoms in total. The van der Waals surface area contributed by atoms with Crippen LogP contribution in [0.4, 0.5) is 17.3 Å². The van der Waals surface area contributed by atoms with Crippen molar-refractivity contribution in [2.24, 2.45) is 0 Å². The van der Waals surface area contributed by atoms with Gasteiger partial charge >= 0.3 is 0 Å². The van der Waals surface area contributed by atoms with E-state index in [0.717, 1.165) is 39.2 Å². The van der Waals surface area contributed by atoms with Crippen molar-refractivity contribution >= 4 is 49.2 Å². The highest BCUT2D eigenvalue weighted by Gasteiger charge is 2.09. The summed E-state index contributed by atoms with van der Waals surface area (Å²) in [5.74, 6) is 2.27. The van der Waals surface area contributed by atoms with Gasteiger partial charge in [-0.1, -0.05) is 6.92 Å². The van der Waals surface area contributed by atoms with E-state index < -0.39 is 0 Å². The molecule has 0 spiro atoms. The van der Waals surface area contributed by atoms with Gasteiger partial charge in [-0.25, -0.2) is 9.97 Å². The Balaban J connectivity index is 2.21. The first-order chi connectivity index (χ1) is 10.2. The van der Waals surface area contributed by atoms with Gasteiger partial charge in [0.1, 0.15) is 28.2 Å². The summed E-state index contributed by atoms with van der Waals surface area (Å²) in [5.41, 5.74) is 0.906. The van der Waals surface area contributed by atoms with E-state index in [1.165, 1.54) is 6.33 Å². The lowest BCUT2D eigenvalue weighted by molar-refractivity contribution is 0.412. The van der Waals surface area contributed by atoms with Crippen molar-refractivity contribution in [2.45, 2.75) is 13.3 Å². The second-order valence-electron chi connectivity index (χ2n) is 4.29. The maximum absolute atomic E-state index is 5.22. The number of aromatic nitrogens is 2. The molecule has 0 aliphatic rings. The number of ether oxygens (including phenoxy) is 1. The van der Waals surface area contributed by atoms with Crippen molar-refractivity contribution in [1.82, 2.24) is 9.97 Å². The minimum Gasteiger partial charge on any atom is -0.496 e. The zero-order valence-corrected chi connectivity index (χ0v) is 15.0.